The summed E-state index contributed by atoms with van der Waals surface area (Å²) in [4.78, 5) is 29.4. The van der Waals surface area contributed by atoms with Crippen molar-refractivity contribution in [2.75, 3.05) is 33.0 Å². The van der Waals surface area contributed by atoms with Gasteiger partial charge in [0, 0.05) is 13.1 Å². The Morgan fingerprint density at radius 1 is 1.03 bits per heavy atom. The average Bonchev–Trinajstić information content (AvgIpc) is 3.03. The molecule has 0 unspecified atom stereocenters. The first-order valence-electron chi connectivity index (χ1n) is 10.6. The van der Waals surface area contributed by atoms with Gasteiger partial charge in [-0.1, -0.05) is 42.5 Å². The highest BCUT2D eigenvalue weighted by Crippen LogP contribution is 2.37. The van der Waals surface area contributed by atoms with Crippen molar-refractivity contribution in [2.45, 2.75) is 18.9 Å². The van der Waals surface area contributed by atoms with Crippen molar-refractivity contribution in [3.8, 4) is 11.5 Å². The van der Waals surface area contributed by atoms with Gasteiger partial charge >= 0.3 is 6.03 Å². The number of hydrogen-bond acceptors (Lipinski definition) is 5. The third-order valence-corrected chi connectivity index (χ3v) is 6.17. The molecule has 0 saturated carbocycles. The van der Waals surface area contributed by atoms with E-state index in [0.29, 0.717) is 36.8 Å². The normalized spacial score (nSPS) is 23.5. The van der Waals surface area contributed by atoms with Gasteiger partial charge < -0.3 is 14.8 Å². The Labute approximate surface area is 181 Å². The summed E-state index contributed by atoms with van der Waals surface area (Å²) in [6.07, 6.45) is 3.06. The van der Waals surface area contributed by atoms with Gasteiger partial charge in [0.25, 0.3) is 5.91 Å². The number of amides is 3. The number of ether oxygens (including phenoxy) is 2. The summed E-state index contributed by atoms with van der Waals surface area (Å²) in [5.74, 6) is 0.994. The molecule has 7 nitrogen and oxygen atoms in total. The van der Waals surface area contributed by atoms with Crippen LogP contribution in [0.25, 0.3) is 5.57 Å². The van der Waals surface area contributed by atoms with Crippen molar-refractivity contribution >= 4 is 17.5 Å². The smallest absolute Gasteiger partial charge is 0.326 e. The van der Waals surface area contributed by atoms with Gasteiger partial charge in [-0.15, -0.1) is 0 Å². The predicted molar refractivity (Wildman–Crippen MR) is 116 cm³/mol. The summed E-state index contributed by atoms with van der Waals surface area (Å²) in [6, 6.07) is 15.3. The number of urea groups is 1. The molecule has 3 amide bonds. The predicted octanol–water partition coefficient (Wildman–Crippen LogP) is 2.97. The highest BCUT2D eigenvalue weighted by Gasteiger charge is 2.49. The highest BCUT2D eigenvalue weighted by atomic mass is 16.6. The van der Waals surface area contributed by atoms with Gasteiger partial charge in [0.1, 0.15) is 18.8 Å². The van der Waals surface area contributed by atoms with Crippen molar-refractivity contribution in [2.24, 2.45) is 0 Å². The minimum atomic E-state index is -1.13. The van der Waals surface area contributed by atoms with Crippen LogP contribution in [0.3, 0.4) is 0 Å². The van der Waals surface area contributed by atoms with Crippen molar-refractivity contribution in [3.05, 3.63) is 65.7 Å². The van der Waals surface area contributed by atoms with Crippen LogP contribution in [0.2, 0.25) is 0 Å². The molecule has 1 fully saturated rings. The summed E-state index contributed by atoms with van der Waals surface area (Å²) in [7, 11) is 0. The van der Waals surface area contributed by atoms with Crippen LogP contribution in [0.4, 0.5) is 4.79 Å². The van der Waals surface area contributed by atoms with Crippen LogP contribution in [0.1, 0.15) is 24.5 Å². The Morgan fingerprint density at radius 2 is 1.81 bits per heavy atom. The van der Waals surface area contributed by atoms with Gasteiger partial charge in [0.15, 0.2) is 11.5 Å². The molecule has 1 saturated heterocycles. The van der Waals surface area contributed by atoms with Gasteiger partial charge in [0.05, 0.1) is 6.67 Å². The fourth-order valence-corrected chi connectivity index (χ4v) is 4.33. The molecule has 7 heteroatoms. The van der Waals surface area contributed by atoms with Gasteiger partial charge in [-0.2, -0.15) is 0 Å². The molecule has 31 heavy (non-hydrogen) atoms. The molecule has 2 aromatic rings. The average molecular weight is 419 g/mol. The van der Waals surface area contributed by atoms with Crippen LogP contribution in [-0.2, 0) is 10.3 Å². The Bertz CT molecular complexity index is 1050. The molecule has 0 aliphatic carbocycles. The van der Waals surface area contributed by atoms with E-state index in [0.717, 1.165) is 13.0 Å². The minimum absolute atomic E-state index is 0.257. The van der Waals surface area contributed by atoms with E-state index in [2.05, 4.69) is 28.4 Å². The van der Waals surface area contributed by atoms with E-state index < -0.39 is 5.54 Å². The van der Waals surface area contributed by atoms with Crippen molar-refractivity contribution in [1.29, 1.82) is 0 Å². The van der Waals surface area contributed by atoms with Crippen LogP contribution < -0.4 is 14.8 Å². The number of carbonyl (C=O) groups excluding carboxylic acids is 2. The Hall–Kier alpha value is -3.32. The number of rotatable bonds is 4. The second-order valence-electron chi connectivity index (χ2n) is 8.21. The number of nitrogens with one attached hydrogen (secondary N) is 1. The molecule has 0 radical (unpaired) electrons. The monoisotopic (exact) mass is 419 g/mol. The number of carbonyl (C=O) groups is 2. The molecule has 3 aliphatic heterocycles. The highest BCUT2D eigenvalue weighted by molar-refractivity contribution is 6.07. The first-order chi connectivity index (χ1) is 15.0. The Balaban J connectivity index is 1.30. The molecule has 1 N–H and O–H groups in total. The maximum atomic E-state index is 13.3. The molecule has 160 valence electrons. The summed E-state index contributed by atoms with van der Waals surface area (Å²) >= 11 is 0. The Kier molecular flexibility index (Phi) is 4.90. The Morgan fingerprint density at radius 3 is 2.55 bits per heavy atom. The zero-order chi connectivity index (χ0) is 21.4. The molecule has 0 bridgehead atoms. The van der Waals surface area contributed by atoms with Crippen molar-refractivity contribution in [3.63, 3.8) is 0 Å². The third-order valence-electron chi connectivity index (χ3n) is 6.17. The fourth-order valence-electron chi connectivity index (χ4n) is 4.33. The van der Waals surface area contributed by atoms with Crippen LogP contribution in [-0.4, -0.2) is 54.7 Å². The van der Waals surface area contributed by atoms with Gasteiger partial charge in [-0.3, -0.25) is 9.69 Å². The zero-order valence-electron chi connectivity index (χ0n) is 17.5. The largest absolute Gasteiger partial charge is 0.486 e. The van der Waals surface area contributed by atoms with E-state index in [4.69, 9.17) is 9.47 Å². The number of fused-ring (bicyclic) bond motifs is 1. The molecule has 5 rings (SSSR count). The van der Waals surface area contributed by atoms with E-state index in [-0.39, 0.29) is 18.6 Å². The quantitative estimate of drug-likeness (QED) is 0.772. The molecule has 3 aliphatic rings. The molecule has 2 aromatic carbocycles. The maximum Gasteiger partial charge on any atom is 0.326 e. The number of benzene rings is 2. The van der Waals surface area contributed by atoms with E-state index in [1.807, 2.05) is 24.3 Å². The summed E-state index contributed by atoms with van der Waals surface area (Å²) < 4.78 is 11.2. The van der Waals surface area contributed by atoms with E-state index in [9.17, 15) is 9.59 Å². The lowest BCUT2D eigenvalue weighted by atomic mass is 9.91. The van der Waals surface area contributed by atoms with E-state index in [1.54, 1.807) is 19.1 Å². The van der Waals surface area contributed by atoms with Gasteiger partial charge in [-0.25, -0.2) is 9.69 Å². The van der Waals surface area contributed by atoms with Crippen molar-refractivity contribution < 1.29 is 19.1 Å². The lowest BCUT2D eigenvalue weighted by Gasteiger charge is -2.30. The maximum absolute atomic E-state index is 13.3. The van der Waals surface area contributed by atoms with Gasteiger partial charge in [0.2, 0.25) is 0 Å². The second kappa shape index (κ2) is 7.74. The molecule has 3 heterocycles. The molecular weight excluding hydrogens is 394 g/mol. The molecule has 0 spiro atoms. The summed E-state index contributed by atoms with van der Waals surface area (Å²) in [6.45, 7) is 4.46. The molecular formula is C24H25N3O4. The van der Waals surface area contributed by atoms with Crippen LogP contribution in [0.15, 0.2) is 54.6 Å². The number of imide groups is 1. The van der Waals surface area contributed by atoms with Crippen molar-refractivity contribution in [1.82, 2.24) is 15.1 Å². The first-order valence-corrected chi connectivity index (χ1v) is 10.6. The topological polar surface area (TPSA) is 71.1 Å². The van der Waals surface area contributed by atoms with Crippen LogP contribution >= 0.6 is 0 Å². The second-order valence-corrected chi connectivity index (χ2v) is 8.21. The SMILES string of the molecule is C[C@]1(c2ccc3c(c2)OCCO3)NC(=O)N(CN2CC=C(c3ccccc3)CC2)C1=O. The zero-order valence-corrected chi connectivity index (χ0v) is 17.5. The third kappa shape index (κ3) is 3.55. The first kappa shape index (κ1) is 19.6. The summed E-state index contributed by atoms with van der Waals surface area (Å²) in [5, 5.41) is 2.88. The van der Waals surface area contributed by atoms with Gasteiger partial charge in [-0.05, 0) is 42.2 Å². The fraction of sp³-hybridized carbons (Fsp3) is 0.333. The lowest BCUT2D eigenvalue weighted by molar-refractivity contribution is -0.132. The van der Waals surface area contributed by atoms with E-state index in [1.165, 1.54) is 16.0 Å². The number of nitrogens with zero attached hydrogens (tertiary/aromatic N) is 2. The lowest BCUT2D eigenvalue weighted by Crippen LogP contribution is -2.44. The standard InChI is InChI=1S/C24H25N3O4/c1-24(19-7-8-20-21(15-19)31-14-13-30-20)22(28)27(23(29)25-24)16-26-11-9-18(10-12-26)17-5-3-2-4-6-17/h2-9,15H,10-14,16H2,1H3,(H,25,29)/t24-/m1/s1. The van der Waals surface area contributed by atoms with Crippen LogP contribution in [0, 0.1) is 0 Å². The molecule has 0 aromatic heterocycles. The van der Waals surface area contributed by atoms with E-state index >= 15 is 0 Å². The van der Waals surface area contributed by atoms with Crippen LogP contribution in [0.5, 0.6) is 11.5 Å². The molecule has 1 atom stereocenters. The number of hydrogen-bond donors (Lipinski definition) is 1. The summed E-state index contributed by atoms with van der Waals surface area (Å²) in [5.41, 5.74) is 2.08. The minimum Gasteiger partial charge on any atom is -0.486 e.